The number of methoxy groups -OCH3 is 2. The summed E-state index contributed by atoms with van der Waals surface area (Å²) in [5, 5.41) is 8.10. The predicted molar refractivity (Wildman–Crippen MR) is 117 cm³/mol. The van der Waals surface area contributed by atoms with Crippen LogP contribution in [-0.4, -0.2) is 44.8 Å². The molecule has 1 aromatic carbocycles. The van der Waals surface area contributed by atoms with Crippen LogP contribution < -0.4 is 20.1 Å². The topological polar surface area (TPSA) is 62.8 Å². The maximum atomic E-state index is 12.4. The van der Waals surface area contributed by atoms with E-state index in [4.69, 9.17) is 9.47 Å². The maximum Gasteiger partial charge on any atom is 0.315 e. The van der Waals surface area contributed by atoms with Gasteiger partial charge in [-0.05, 0) is 61.0 Å². The first kappa shape index (κ1) is 21.5. The first-order valence-electron chi connectivity index (χ1n) is 10.1. The molecule has 0 unspecified atom stereocenters. The molecule has 2 aromatic rings. The zero-order chi connectivity index (χ0) is 20.6. The normalized spacial score (nSPS) is 16.2. The summed E-state index contributed by atoms with van der Waals surface area (Å²) >= 11 is 1.76. The Morgan fingerprint density at radius 3 is 2.59 bits per heavy atom. The van der Waals surface area contributed by atoms with Crippen LogP contribution in [0.15, 0.2) is 35.7 Å². The zero-order valence-electron chi connectivity index (χ0n) is 17.4. The van der Waals surface area contributed by atoms with E-state index in [2.05, 4.69) is 40.0 Å². The fraction of sp³-hybridized carbons (Fsp3) is 0.500. The SMILES string of the molecule is COc1ccc(CNC(=O)NC[C@@H](c2cccs2)N2CCC(C)CC2)cc1OC. The molecule has 1 atom stereocenters. The van der Waals surface area contributed by atoms with Crippen molar-refractivity contribution in [3.05, 3.63) is 46.2 Å². The molecule has 2 heterocycles. The number of carbonyl (C=O) groups excluding carboxylic acids is 1. The number of likely N-dealkylation sites (tertiary alicyclic amines) is 1. The summed E-state index contributed by atoms with van der Waals surface area (Å²) in [4.78, 5) is 16.2. The minimum absolute atomic E-state index is 0.160. The molecule has 158 valence electrons. The molecule has 6 nitrogen and oxygen atoms in total. The second-order valence-electron chi connectivity index (χ2n) is 7.50. The third-order valence-corrected chi connectivity index (χ3v) is 6.46. The van der Waals surface area contributed by atoms with E-state index in [-0.39, 0.29) is 12.1 Å². The highest BCUT2D eigenvalue weighted by Gasteiger charge is 2.25. The number of rotatable bonds is 8. The van der Waals surface area contributed by atoms with Crippen LogP contribution in [0.1, 0.15) is 36.2 Å². The summed E-state index contributed by atoms with van der Waals surface area (Å²) in [6.07, 6.45) is 2.43. The molecule has 1 fully saturated rings. The average Bonchev–Trinajstić information content (AvgIpc) is 3.28. The number of ether oxygens (including phenoxy) is 2. The molecule has 29 heavy (non-hydrogen) atoms. The van der Waals surface area contributed by atoms with Crippen molar-refractivity contribution < 1.29 is 14.3 Å². The van der Waals surface area contributed by atoms with Crippen molar-refractivity contribution in [3.8, 4) is 11.5 Å². The van der Waals surface area contributed by atoms with E-state index in [1.807, 2.05) is 18.2 Å². The van der Waals surface area contributed by atoms with E-state index in [1.165, 1.54) is 17.7 Å². The summed E-state index contributed by atoms with van der Waals surface area (Å²) in [6.45, 7) is 5.51. The van der Waals surface area contributed by atoms with Crippen LogP contribution in [0.2, 0.25) is 0 Å². The lowest BCUT2D eigenvalue weighted by Gasteiger charge is -2.36. The Kier molecular flexibility index (Phi) is 7.77. The van der Waals surface area contributed by atoms with E-state index in [0.29, 0.717) is 24.6 Å². The van der Waals surface area contributed by atoms with E-state index in [1.54, 1.807) is 25.6 Å². The number of nitrogens with one attached hydrogen (secondary N) is 2. The average molecular weight is 418 g/mol. The van der Waals surface area contributed by atoms with Gasteiger partial charge >= 0.3 is 6.03 Å². The smallest absolute Gasteiger partial charge is 0.315 e. The van der Waals surface area contributed by atoms with Crippen molar-refractivity contribution in [3.63, 3.8) is 0 Å². The van der Waals surface area contributed by atoms with Crippen molar-refractivity contribution in [1.29, 1.82) is 0 Å². The lowest BCUT2D eigenvalue weighted by atomic mass is 9.97. The van der Waals surface area contributed by atoms with Crippen LogP contribution in [0, 0.1) is 5.92 Å². The zero-order valence-corrected chi connectivity index (χ0v) is 18.3. The lowest BCUT2D eigenvalue weighted by Crippen LogP contribution is -2.44. The monoisotopic (exact) mass is 417 g/mol. The number of hydrogen-bond acceptors (Lipinski definition) is 5. The van der Waals surface area contributed by atoms with Crippen molar-refractivity contribution in [2.24, 2.45) is 5.92 Å². The number of carbonyl (C=O) groups is 1. The third-order valence-electron chi connectivity index (χ3n) is 5.49. The van der Waals surface area contributed by atoms with Crippen LogP contribution in [0.25, 0.3) is 0 Å². The van der Waals surface area contributed by atoms with Gasteiger partial charge in [-0.3, -0.25) is 4.90 Å². The molecule has 0 saturated carbocycles. The van der Waals surface area contributed by atoms with Crippen molar-refractivity contribution in [2.45, 2.75) is 32.4 Å². The van der Waals surface area contributed by atoms with Gasteiger partial charge in [0.05, 0.1) is 20.3 Å². The highest BCUT2D eigenvalue weighted by molar-refractivity contribution is 7.10. The molecule has 0 aliphatic carbocycles. The molecule has 1 aliphatic rings. The van der Waals surface area contributed by atoms with Crippen molar-refractivity contribution >= 4 is 17.4 Å². The Bertz CT molecular complexity index is 774. The largest absolute Gasteiger partial charge is 0.493 e. The number of hydrogen-bond donors (Lipinski definition) is 2. The van der Waals surface area contributed by atoms with Crippen LogP contribution >= 0.6 is 11.3 Å². The van der Waals surface area contributed by atoms with Crippen LogP contribution in [0.4, 0.5) is 4.79 Å². The molecule has 1 aromatic heterocycles. The fourth-order valence-electron chi connectivity index (χ4n) is 3.66. The molecular weight excluding hydrogens is 386 g/mol. The van der Waals surface area contributed by atoms with Gasteiger partial charge < -0.3 is 20.1 Å². The summed E-state index contributed by atoms with van der Waals surface area (Å²) in [6, 6.07) is 9.96. The molecule has 1 aliphatic heterocycles. The van der Waals surface area contributed by atoms with Gasteiger partial charge in [0.1, 0.15) is 0 Å². The number of piperidine rings is 1. The first-order chi connectivity index (χ1) is 14.1. The molecule has 0 bridgehead atoms. The molecular formula is C22H31N3O3S. The van der Waals surface area contributed by atoms with E-state index >= 15 is 0 Å². The minimum atomic E-state index is -0.160. The molecule has 0 radical (unpaired) electrons. The van der Waals surface area contributed by atoms with Crippen LogP contribution in [0.3, 0.4) is 0 Å². The van der Waals surface area contributed by atoms with Gasteiger partial charge in [-0.15, -0.1) is 11.3 Å². The van der Waals surface area contributed by atoms with Gasteiger partial charge in [0.2, 0.25) is 0 Å². The summed E-state index contributed by atoms with van der Waals surface area (Å²) in [5.74, 6) is 2.12. The predicted octanol–water partition coefficient (Wildman–Crippen LogP) is 4.04. The molecule has 3 rings (SSSR count). The Morgan fingerprint density at radius 1 is 1.17 bits per heavy atom. The van der Waals surface area contributed by atoms with E-state index in [9.17, 15) is 4.79 Å². The molecule has 2 amide bonds. The van der Waals surface area contributed by atoms with Gasteiger partial charge in [-0.1, -0.05) is 19.1 Å². The molecule has 0 spiro atoms. The van der Waals surface area contributed by atoms with Gasteiger partial charge in [-0.2, -0.15) is 0 Å². The highest BCUT2D eigenvalue weighted by atomic mass is 32.1. The van der Waals surface area contributed by atoms with Gasteiger partial charge in [-0.25, -0.2) is 4.79 Å². The Morgan fingerprint density at radius 2 is 1.93 bits per heavy atom. The van der Waals surface area contributed by atoms with Crippen molar-refractivity contribution in [2.75, 3.05) is 33.9 Å². The lowest BCUT2D eigenvalue weighted by molar-refractivity contribution is 0.138. The van der Waals surface area contributed by atoms with Crippen LogP contribution in [0.5, 0.6) is 11.5 Å². The fourth-order valence-corrected chi connectivity index (χ4v) is 4.52. The molecule has 7 heteroatoms. The van der Waals surface area contributed by atoms with Gasteiger partial charge in [0, 0.05) is 18.0 Å². The molecule has 1 saturated heterocycles. The number of amides is 2. The Labute approximate surface area is 177 Å². The number of urea groups is 1. The van der Waals surface area contributed by atoms with Crippen molar-refractivity contribution in [1.82, 2.24) is 15.5 Å². The summed E-state index contributed by atoms with van der Waals surface area (Å²) in [7, 11) is 3.21. The second-order valence-corrected chi connectivity index (χ2v) is 8.48. The van der Waals surface area contributed by atoms with Gasteiger partial charge in [0.25, 0.3) is 0 Å². The number of nitrogens with zero attached hydrogens (tertiary/aromatic N) is 1. The Balaban J connectivity index is 1.53. The number of thiophene rings is 1. The van der Waals surface area contributed by atoms with E-state index in [0.717, 1.165) is 24.6 Å². The van der Waals surface area contributed by atoms with E-state index < -0.39 is 0 Å². The highest BCUT2D eigenvalue weighted by Crippen LogP contribution is 2.29. The third kappa shape index (κ3) is 5.87. The first-order valence-corrected chi connectivity index (χ1v) is 11.0. The second kappa shape index (κ2) is 10.5. The summed E-state index contributed by atoms with van der Waals surface area (Å²) in [5.41, 5.74) is 0.956. The Hall–Kier alpha value is -2.25. The maximum absolute atomic E-state index is 12.4. The minimum Gasteiger partial charge on any atom is -0.493 e. The molecule has 2 N–H and O–H groups in total. The summed E-state index contributed by atoms with van der Waals surface area (Å²) < 4.78 is 10.6. The quantitative estimate of drug-likeness (QED) is 0.681. The van der Waals surface area contributed by atoms with Gasteiger partial charge in [0.15, 0.2) is 11.5 Å². The number of benzene rings is 1. The van der Waals surface area contributed by atoms with Crippen LogP contribution in [-0.2, 0) is 6.54 Å². The standard InChI is InChI=1S/C22H31N3O3S/c1-16-8-10-25(11-9-16)18(21-5-4-12-29-21)15-24-22(26)23-14-17-6-7-19(27-2)20(13-17)28-3/h4-7,12-13,16,18H,8-11,14-15H2,1-3H3,(H2,23,24,26)/t18-/m0/s1.